The third-order valence-corrected chi connectivity index (χ3v) is 9.19. The zero-order valence-electron chi connectivity index (χ0n) is 17.5. The van der Waals surface area contributed by atoms with Gasteiger partial charge in [-0.05, 0) is 62.8 Å². The van der Waals surface area contributed by atoms with Gasteiger partial charge in [-0.15, -0.1) is 0 Å². The Balaban J connectivity index is 1.41. The number of fused-ring (bicyclic) bond motifs is 4. The average Bonchev–Trinajstić information content (AvgIpc) is 3.01. The Morgan fingerprint density at radius 3 is 2.48 bits per heavy atom. The number of sulfonamides is 1. The highest BCUT2D eigenvalue weighted by molar-refractivity contribution is 7.89. The van der Waals surface area contributed by atoms with Gasteiger partial charge in [-0.25, -0.2) is 13.2 Å². The van der Waals surface area contributed by atoms with Gasteiger partial charge < -0.3 is 20.7 Å². The molecule has 4 fully saturated rings. The van der Waals surface area contributed by atoms with Gasteiger partial charge in [0.2, 0.25) is 15.9 Å². The minimum absolute atomic E-state index is 0.142. The van der Waals surface area contributed by atoms with Gasteiger partial charge in [0.05, 0.1) is 10.4 Å². The number of ether oxygens (including phenoxy) is 1. The molecule has 3 amide bonds. The predicted octanol–water partition coefficient (Wildman–Crippen LogP) is 1.76. The van der Waals surface area contributed by atoms with Crippen LogP contribution in [0.4, 0.5) is 10.5 Å². The third-order valence-electron chi connectivity index (χ3n) is 7.17. The summed E-state index contributed by atoms with van der Waals surface area (Å²) in [5.41, 5.74) is 0.133. The van der Waals surface area contributed by atoms with E-state index in [1.807, 2.05) is 0 Å². The molecule has 4 saturated heterocycles. The number of hydrogen-bond acceptors (Lipinski definition) is 5. The van der Waals surface area contributed by atoms with Crippen LogP contribution in [0, 0.1) is 5.92 Å². The number of piperidine rings is 1. The molecular formula is C21H28N4O5S. The van der Waals surface area contributed by atoms with Crippen LogP contribution in [0.1, 0.15) is 45.4 Å². The van der Waals surface area contributed by atoms with Crippen molar-refractivity contribution >= 4 is 27.6 Å². The van der Waals surface area contributed by atoms with E-state index in [9.17, 15) is 18.0 Å². The van der Waals surface area contributed by atoms with E-state index >= 15 is 0 Å². The number of benzene rings is 1. The highest BCUT2D eigenvalue weighted by Gasteiger charge is 2.59. The van der Waals surface area contributed by atoms with Gasteiger partial charge in [-0.2, -0.15) is 4.31 Å². The van der Waals surface area contributed by atoms with Crippen molar-refractivity contribution < 1.29 is 22.7 Å². The summed E-state index contributed by atoms with van der Waals surface area (Å²) in [6.07, 6.45) is 4.38. The normalized spacial score (nSPS) is 35.2. The van der Waals surface area contributed by atoms with Crippen LogP contribution in [0.3, 0.4) is 0 Å². The molecule has 0 aromatic heterocycles. The Hall–Kier alpha value is -2.17. The lowest BCUT2D eigenvalue weighted by Crippen LogP contribution is -2.73. The predicted molar refractivity (Wildman–Crippen MR) is 113 cm³/mol. The third kappa shape index (κ3) is 3.50. The SMILES string of the molecule is CC(=O)Nc1ccc(S(=O)(=O)N2[C@H]3CC[C@H]2CC2(C3)NC(=O)N[C@H]3OCCC[C@H]32)cc1. The van der Waals surface area contributed by atoms with E-state index in [-0.39, 0.29) is 41.1 Å². The molecule has 31 heavy (non-hydrogen) atoms. The number of urea groups is 1. The molecule has 10 heteroatoms. The van der Waals surface area contributed by atoms with Crippen LogP contribution in [-0.2, 0) is 19.6 Å². The zero-order valence-corrected chi connectivity index (χ0v) is 18.3. The van der Waals surface area contributed by atoms with E-state index in [1.54, 1.807) is 28.6 Å². The fourth-order valence-corrected chi connectivity index (χ4v) is 7.92. The minimum atomic E-state index is -3.68. The Bertz CT molecular complexity index is 982. The number of nitrogens with one attached hydrogen (secondary N) is 3. The Morgan fingerprint density at radius 1 is 1.16 bits per heavy atom. The van der Waals surface area contributed by atoms with Gasteiger partial charge in [0, 0.05) is 37.2 Å². The van der Waals surface area contributed by atoms with Crippen molar-refractivity contribution in [1.82, 2.24) is 14.9 Å². The van der Waals surface area contributed by atoms with Crippen LogP contribution in [-0.4, -0.2) is 55.1 Å². The van der Waals surface area contributed by atoms with E-state index in [1.165, 1.54) is 6.92 Å². The number of carbonyl (C=O) groups is 2. The van der Waals surface area contributed by atoms with Crippen molar-refractivity contribution in [2.75, 3.05) is 11.9 Å². The first-order chi connectivity index (χ1) is 14.8. The van der Waals surface area contributed by atoms with E-state index in [4.69, 9.17) is 4.74 Å². The number of anilines is 1. The molecule has 0 radical (unpaired) electrons. The number of carbonyl (C=O) groups excluding carboxylic acids is 2. The first-order valence-electron chi connectivity index (χ1n) is 10.9. The van der Waals surface area contributed by atoms with Crippen LogP contribution < -0.4 is 16.0 Å². The van der Waals surface area contributed by atoms with E-state index in [2.05, 4.69) is 16.0 Å². The maximum atomic E-state index is 13.5. The molecule has 4 heterocycles. The maximum Gasteiger partial charge on any atom is 0.317 e. The highest BCUT2D eigenvalue weighted by Crippen LogP contribution is 2.49. The summed E-state index contributed by atoms with van der Waals surface area (Å²) in [6, 6.07) is 5.77. The number of rotatable bonds is 3. The summed E-state index contributed by atoms with van der Waals surface area (Å²) in [7, 11) is -3.68. The minimum Gasteiger partial charge on any atom is -0.358 e. The molecule has 168 valence electrons. The molecular weight excluding hydrogens is 420 g/mol. The average molecular weight is 449 g/mol. The Labute approximate surface area is 181 Å². The van der Waals surface area contributed by atoms with Crippen LogP contribution >= 0.6 is 0 Å². The van der Waals surface area contributed by atoms with Gasteiger partial charge in [0.1, 0.15) is 6.23 Å². The molecule has 1 aromatic carbocycles. The zero-order chi connectivity index (χ0) is 21.8. The lowest BCUT2D eigenvalue weighted by Gasteiger charge is -2.55. The largest absolute Gasteiger partial charge is 0.358 e. The molecule has 9 nitrogen and oxygen atoms in total. The summed E-state index contributed by atoms with van der Waals surface area (Å²) in [4.78, 5) is 23.8. The molecule has 1 spiro atoms. The van der Waals surface area contributed by atoms with Crippen molar-refractivity contribution in [3.63, 3.8) is 0 Å². The van der Waals surface area contributed by atoms with Crippen molar-refractivity contribution in [2.24, 2.45) is 5.92 Å². The first kappa shape index (κ1) is 20.7. The second-order valence-electron chi connectivity index (χ2n) is 9.13. The van der Waals surface area contributed by atoms with Crippen molar-refractivity contribution in [3.05, 3.63) is 24.3 Å². The number of amides is 3. The highest BCUT2D eigenvalue weighted by atomic mass is 32.2. The molecule has 0 unspecified atom stereocenters. The maximum absolute atomic E-state index is 13.5. The van der Waals surface area contributed by atoms with Gasteiger partial charge in [-0.1, -0.05) is 0 Å². The topological polar surface area (TPSA) is 117 Å². The lowest BCUT2D eigenvalue weighted by atomic mass is 9.69. The van der Waals surface area contributed by atoms with E-state index in [0.717, 1.165) is 25.7 Å². The number of nitrogens with zero attached hydrogens (tertiary/aromatic N) is 1. The molecule has 3 N–H and O–H groups in total. The first-order valence-corrected chi connectivity index (χ1v) is 12.3. The fraction of sp³-hybridized carbons (Fsp3) is 0.619. The van der Waals surface area contributed by atoms with Crippen molar-refractivity contribution in [3.8, 4) is 0 Å². The molecule has 2 bridgehead atoms. The molecule has 5 rings (SSSR count). The molecule has 1 aromatic rings. The van der Waals surface area contributed by atoms with Gasteiger partial charge >= 0.3 is 6.03 Å². The number of hydrogen-bond donors (Lipinski definition) is 3. The van der Waals surface area contributed by atoms with Crippen LogP contribution in [0.5, 0.6) is 0 Å². The second kappa shape index (κ2) is 7.46. The van der Waals surface area contributed by atoms with E-state index in [0.29, 0.717) is 25.1 Å². The summed E-state index contributed by atoms with van der Waals surface area (Å²) in [5.74, 6) is -0.0622. The van der Waals surface area contributed by atoms with Crippen molar-refractivity contribution in [2.45, 2.75) is 74.2 Å². The quantitative estimate of drug-likeness (QED) is 0.652. The smallest absolute Gasteiger partial charge is 0.317 e. The summed E-state index contributed by atoms with van der Waals surface area (Å²) < 4.78 is 34.5. The van der Waals surface area contributed by atoms with E-state index < -0.39 is 15.6 Å². The fourth-order valence-electron chi connectivity index (χ4n) is 6.05. The van der Waals surface area contributed by atoms with Gasteiger partial charge in [0.25, 0.3) is 0 Å². The molecule has 4 aliphatic rings. The Morgan fingerprint density at radius 2 is 1.84 bits per heavy atom. The second-order valence-corrected chi connectivity index (χ2v) is 11.0. The molecule has 4 aliphatic heterocycles. The Kier molecular flexibility index (Phi) is 4.98. The van der Waals surface area contributed by atoms with Crippen LogP contribution in [0.2, 0.25) is 0 Å². The van der Waals surface area contributed by atoms with Crippen LogP contribution in [0.25, 0.3) is 0 Å². The van der Waals surface area contributed by atoms with Crippen molar-refractivity contribution in [1.29, 1.82) is 0 Å². The summed E-state index contributed by atoms with van der Waals surface area (Å²) in [5, 5.41) is 8.73. The monoisotopic (exact) mass is 448 g/mol. The summed E-state index contributed by atoms with van der Waals surface area (Å²) >= 11 is 0. The van der Waals surface area contributed by atoms with Gasteiger partial charge in [-0.3, -0.25) is 4.79 Å². The molecule has 0 saturated carbocycles. The van der Waals surface area contributed by atoms with Crippen LogP contribution in [0.15, 0.2) is 29.2 Å². The lowest BCUT2D eigenvalue weighted by molar-refractivity contribution is -0.114. The standard InChI is InChI=1S/C21H28N4O5S/c1-13(26)22-14-4-8-17(9-5-14)31(28,29)25-15-6-7-16(25)12-21(11-15)18-3-2-10-30-19(18)23-20(27)24-21/h4-5,8-9,15-16,18-19H,2-3,6-7,10-12H2,1H3,(H,22,26)(H2,23,24,27)/t15-,16-,18+,19-/m0/s1. The van der Waals surface area contributed by atoms with Gasteiger partial charge in [0.15, 0.2) is 0 Å². The molecule has 0 aliphatic carbocycles. The molecule has 4 atom stereocenters. The summed E-state index contributed by atoms with van der Waals surface area (Å²) in [6.45, 7) is 2.05.